The number of hydrogen-bond acceptors (Lipinski definition) is 3. The Kier molecular flexibility index (Phi) is 2.96. The van der Waals surface area contributed by atoms with Crippen molar-refractivity contribution < 1.29 is 5.11 Å². The zero-order chi connectivity index (χ0) is 8.97. The van der Waals surface area contributed by atoms with Gasteiger partial charge in [0.05, 0.1) is 12.3 Å². The molecule has 0 aliphatic carbocycles. The molecule has 0 saturated heterocycles. The second-order valence-electron chi connectivity index (χ2n) is 2.50. The second kappa shape index (κ2) is 3.99. The molecular weight excluding hydrogens is 152 g/mol. The van der Waals surface area contributed by atoms with Crippen LogP contribution in [0.4, 0.5) is 0 Å². The second-order valence-corrected chi connectivity index (χ2v) is 2.50. The minimum atomic E-state index is -0.176. The number of rotatable bonds is 3. The minimum Gasteiger partial charge on any atom is -0.390 e. The highest BCUT2D eigenvalue weighted by Gasteiger charge is 2.00. The molecular formula is C9H12N2O. The molecule has 0 aromatic carbocycles. The molecule has 0 aliphatic heterocycles. The van der Waals surface area contributed by atoms with E-state index in [2.05, 4.69) is 11.6 Å². The standard InChI is InChI=1S/C9H12N2O/c1-2-9(10)7-3-4-8(6-12)11-5-7/h2-5,9,12H,1,6,10H2/t9-/m0/s1. The van der Waals surface area contributed by atoms with E-state index in [0.717, 1.165) is 5.56 Å². The van der Waals surface area contributed by atoms with Gasteiger partial charge in [0, 0.05) is 12.2 Å². The van der Waals surface area contributed by atoms with E-state index in [4.69, 9.17) is 10.8 Å². The van der Waals surface area contributed by atoms with Crippen molar-refractivity contribution in [2.45, 2.75) is 12.6 Å². The average molecular weight is 164 g/mol. The van der Waals surface area contributed by atoms with Crippen LogP contribution in [0.5, 0.6) is 0 Å². The Morgan fingerprint density at radius 3 is 2.83 bits per heavy atom. The van der Waals surface area contributed by atoms with E-state index in [9.17, 15) is 0 Å². The van der Waals surface area contributed by atoms with Crippen molar-refractivity contribution in [3.8, 4) is 0 Å². The fourth-order valence-corrected chi connectivity index (χ4v) is 0.863. The van der Waals surface area contributed by atoms with Crippen molar-refractivity contribution in [2.24, 2.45) is 5.73 Å². The van der Waals surface area contributed by atoms with Gasteiger partial charge in [-0.2, -0.15) is 0 Å². The maximum atomic E-state index is 8.71. The number of aliphatic hydroxyl groups is 1. The highest BCUT2D eigenvalue weighted by molar-refractivity contribution is 5.20. The van der Waals surface area contributed by atoms with Crippen LogP contribution in [0.3, 0.4) is 0 Å². The Morgan fingerprint density at radius 1 is 1.67 bits per heavy atom. The van der Waals surface area contributed by atoms with Gasteiger partial charge in [-0.1, -0.05) is 12.1 Å². The van der Waals surface area contributed by atoms with Crippen molar-refractivity contribution in [3.05, 3.63) is 42.2 Å². The molecule has 64 valence electrons. The lowest BCUT2D eigenvalue weighted by atomic mass is 10.1. The smallest absolute Gasteiger partial charge is 0.0852 e. The fraction of sp³-hybridized carbons (Fsp3) is 0.222. The van der Waals surface area contributed by atoms with Crippen molar-refractivity contribution >= 4 is 0 Å². The van der Waals surface area contributed by atoms with Gasteiger partial charge in [-0.15, -0.1) is 6.58 Å². The summed E-state index contributed by atoms with van der Waals surface area (Å²) in [6, 6.07) is 3.41. The summed E-state index contributed by atoms with van der Waals surface area (Å²) in [5.74, 6) is 0. The lowest BCUT2D eigenvalue weighted by Gasteiger charge is -2.05. The van der Waals surface area contributed by atoms with E-state index >= 15 is 0 Å². The van der Waals surface area contributed by atoms with Crippen LogP contribution in [0.15, 0.2) is 31.0 Å². The Bertz CT molecular complexity index is 256. The molecule has 1 rings (SSSR count). The molecule has 1 atom stereocenters. The molecule has 1 aromatic heterocycles. The first kappa shape index (κ1) is 8.90. The van der Waals surface area contributed by atoms with Crippen LogP contribution in [-0.2, 0) is 6.61 Å². The highest BCUT2D eigenvalue weighted by atomic mass is 16.3. The molecule has 0 aliphatic rings. The van der Waals surface area contributed by atoms with Gasteiger partial charge in [0.1, 0.15) is 0 Å². The van der Waals surface area contributed by atoms with Crippen molar-refractivity contribution in [1.82, 2.24) is 4.98 Å². The van der Waals surface area contributed by atoms with Gasteiger partial charge in [-0.3, -0.25) is 4.98 Å². The molecule has 0 fully saturated rings. The fourth-order valence-electron chi connectivity index (χ4n) is 0.863. The van der Waals surface area contributed by atoms with Gasteiger partial charge < -0.3 is 10.8 Å². The number of pyridine rings is 1. The minimum absolute atomic E-state index is 0.0381. The van der Waals surface area contributed by atoms with Crippen LogP contribution in [0.1, 0.15) is 17.3 Å². The molecule has 3 nitrogen and oxygen atoms in total. The van der Waals surface area contributed by atoms with Crippen molar-refractivity contribution in [1.29, 1.82) is 0 Å². The van der Waals surface area contributed by atoms with E-state index in [1.54, 1.807) is 18.3 Å². The third kappa shape index (κ3) is 1.90. The topological polar surface area (TPSA) is 59.1 Å². The van der Waals surface area contributed by atoms with Crippen LogP contribution in [0.2, 0.25) is 0 Å². The Morgan fingerprint density at radius 2 is 2.42 bits per heavy atom. The van der Waals surface area contributed by atoms with Crippen LogP contribution in [-0.4, -0.2) is 10.1 Å². The van der Waals surface area contributed by atoms with Gasteiger partial charge >= 0.3 is 0 Å². The third-order valence-corrected chi connectivity index (χ3v) is 1.65. The Hall–Kier alpha value is -1.19. The summed E-state index contributed by atoms with van der Waals surface area (Å²) in [7, 11) is 0. The first-order chi connectivity index (χ1) is 5.77. The van der Waals surface area contributed by atoms with E-state index in [1.165, 1.54) is 0 Å². The molecule has 12 heavy (non-hydrogen) atoms. The monoisotopic (exact) mass is 164 g/mol. The molecule has 1 aromatic rings. The molecule has 0 bridgehead atoms. The zero-order valence-corrected chi connectivity index (χ0v) is 6.77. The first-order valence-corrected chi connectivity index (χ1v) is 3.71. The normalized spacial score (nSPS) is 12.5. The van der Waals surface area contributed by atoms with Crippen molar-refractivity contribution in [2.75, 3.05) is 0 Å². The summed E-state index contributed by atoms with van der Waals surface area (Å²) >= 11 is 0. The summed E-state index contributed by atoms with van der Waals surface area (Å²) in [5.41, 5.74) is 7.22. The molecule has 3 heteroatoms. The number of nitrogens with zero attached hydrogens (tertiary/aromatic N) is 1. The largest absolute Gasteiger partial charge is 0.390 e. The summed E-state index contributed by atoms with van der Waals surface area (Å²) < 4.78 is 0. The van der Waals surface area contributed by atoms with E-state index < -0.39 is 0 Å². The summed E-state index contributed by atoms with van der Waals surface area (Å²) in [4.78, 5) is 3.99. The lowest BCUT2D eigenvalue weighted by molar-refractivity contribution is 0.277. The number of nitrogens with two attached hydrogens (primary N) is 1. The number of aliphatic hydroxyl groups excluding tert-OH is 1. The van der Waals surface area contributed by atoms with Crippen molar-refractivity contribution in [3.63, 3.8) is 0 Å². The SMILES string of the molecule is C=C[C@H](N)c1ccc(CO)nc1. The quantitative estimate of drug-likeness (QED) is 0.648. The molecule has 0 spiro atoms. The summed E-state index contributed by atoms with van der Waals surface area (Å²) in [5, 5.41) is 8.71. The van der Waals surface area contributed by atoms with Gasteiger partial charge in [-0.25, -0.2) is 0 Å². The maximum absolute atomic E-state index is 8.71. The van der Waals surface area contributed by atoms with Crippen LogP contribution in [0.25, 0.3) is 0 Å². The molecule has 0 radical (unpaired) electrons. The first-order valence-electron chi connectivity index (χ1n) is 3.71. The highest BCUT2D eigenvalue weighted by Crippen LogP contribution is 2.09. The molecule has 3 N–H and O–H groups in total. The Balaban J connectivity index is 2.84. The summed E-state index contributed by atoms with van der Waals surface area (Å²) in [6.45, 7) is 3.54. The third-order valence-electron chi connectivity index (χ3n) is 1.65. The Labute approximate surface area is 71.6 Å². The molecule has 0 saturated carbocycles. The predicted octanol–water partition coefficient (Wildman–Crippen LogP) is 0.760. The van der Waals surface area contributed by atoms with E-state index in [0.29, 0.717) is 5.69 Å². The lowest BCUT2D eigenvalue weighted by Crippen LogP contribution is -2.07. The zero-order valence-electron chi connectivity index (χ0n) is 6.77. The van der Waals surface area contributed by atoms with Crippen LogP contribution < -0.4 is 5.73 Å². The molecule has 0 unspecified atom stereocenters. The van der Waals surface area contributed by atoms with Crippen LogP contribution >= 0.6 is 0 Å². The van der Waals surface area contributed by atoms with Gasteiger partial charge in [0.15, 0.2) is 0 Å². The average Bonchev–Trinajstić information content (AvgIpc) is 2.17. The van der Waals surface area contributed by atoms with Gasteiger partial charge in [0.2, 0.25) is 0 Å². The predicted molar refractivity (Wildman–Crippen MR) is 47.3 cm³/mol. The van der Waals surface area contributed by atoms with Crippen LogP contribution in [0, 0.1) is 0 Å². The van der Waals surface area contributed by atoms with Gasteiger partial charge in [0.25, 0.3) is 0 Å². The maximum Gasteiger partial charge on any atom is 0.0852 e. The number of hydrogen-bond donors (Lipinski definition) is 2. The van der Waals surface area contributed by atoms with Gasteiger partial charge in [-0.05, 0) is 11.6 Å². The molecule has 0 amide bonds. The van der Waals surface area contributed by atoms with E-state index in [-0.39, 0.29) is 12.6 Å². The summed E-state index contributed by atoms with van der Waals surface area (Å²) in [6.07, 6.45) is 3.30. The van der Waals surface area contributed by atoms with E-state index in [1.807, 2.05) is 6.07 Å². The number of aromatic nitrogens is 1. The molecule has 1 heterocycles.